The second kappa shape index (κ2) is 8.51. The van der Waals surface area contributed by atoms with Crippen LogP contribution in [0.2, 0.25) is 0 Å². The highest BCUT2D eigenvalue weighted by Gasteiger charge is 2.12. The van der Waals surface area contributed by atoms with Gasteiger partial charge in [0.05, 0.1) is 6.61 Å². The number of carbonyl (C=O) groups excluding carboxylic acids is 1. The van der Waals surface area contributed by atoms with Crippen molar-refractivity contribution in [3.63, 3.8) is 0 Å². The highest BCUT2D eigenvalue weighted by Crippen LogP contribution is 2.30. The van der Waals surface area contributed by atoms with Crippen molar-refractivity contribution in [2.24, 2.45) is 0 Å². The lowest BCUT2D eigenvalue weighted by Crippen LogP contribution is -1.99. The summed E-state index contributed by atoms with van der Waals surface area (Å²) in [5.41, 5.74) is 2.59. The lowest BCUT2D eigenvalue weighted by atomic mass is 10.1. The van der Waals surface area contributed by atoms with Crippen molar-refractivity contribution in [2.45, 2.75) is 24.8 Å². The number of nitrogens with one attached hydrogen (secondary N) is 1. The average Bonchev–Trinajstić information content (AvgIpc) is 3.10. The van der Waals surface area contributed by atoms with Crippen LogP contribution in [0, 0.1) is 0 Å². The third kappa shape index (κ3) is 4.34. The molecule has 0 saturated heterocycles. The van der Waals surface area contributed by atoms with Gasteiger partial charge in [0.15, 0.2) is 11.6 Å². The van der Waals surface area contributed by atoms with Crippen molar-refractivity contribution in [1.82, 2.24) is 15.2 Å². The molecule has 0 radical (unpaired) electrons. The predicted molar refractivity (Wildman–Crippen MR) is 107 cm³/mol. The molecule has 3 aromatic rings. The summed E-state index contributed by atoms with van der Waals surface area (Å²) in [6.07, 6.45) is 0. The Morgan fingerprint density at radius 2 is 2.08 bits per heavy atom. The standard InChI is InChI=1S/C19H18BrN3O2S/c1-3-25-17-9-8-13(12(2)24)10-14(17)11-26-19-21-18(22-23-19)15-6-4-5-7-16(15)20/h4-10H,3,11H2,1-2H3,(H,21,22,23). The Morgan fingerprint density at radius 3 is 2.81 bits per heavy atom. The summed E-state index contributed by atoms with van der Waals surface area (Å²) < 4.78 is 6.63. The summed E-state index contributed by atoms with van der Waals surface area (Å²) in [6.45, 7) is 4.07. The summed E-state index contributed by atoms with van der Waals surface area (Å²) in [5.74, 6) is 2.14. The van der Waals surface area contributed by atoms with E-state index in [2.05, 4.69) is 31.1 Å². The lowest BCUT2D eigenvalue weighted by molar-refractivity contribution is 0.101. The van der Waals surface area contributed by atoms with Crippen molar-refractivity contribution in [1.29, 1.82) is 0 Å². The fourth-order valence-electron chi connectivity index (χ4n) is 2.43. The zero-order chi connectivity index (χ0) is 18.5. The average molecular weight is 432 g/mol. The van der Waals surface area contributed by atoms with Crippen LogP contribution >= 0.6 is 27.7 Å². The van der Waals surface area contributed by atoms with Crippen molar-refractivity contribution in [3.8, 4) is 17.1 Å². The molecule has 0 unspecified atom stereocenters. The number of carbonyl (C=O) groups is 1. The maximum absolute atomic E-state index is 11.7. The molecule has 26 heavy (non-hydrogen) atoms. The number of aromatic nitrogens is 3. The number of ketones is 1. The number of rotatable bonds is 7. The second-order valence-electron chi connectivity index (χ2n) is 5.55. The number of benzene rings is 2. The van der Waals surface area contributed by atoms with Crippen LogP contribution in [0.25, 0.3) is 11.4 Å². The van der Waals surface area contributed by atoms with Gasteiger partial charge in [-0.3, -0.25) is 9.89 Å². The van der Waals surface area contributed by atoms with Gasteiger partial charge in [0.25, 0.3) is 0 Å². The highest BCUT2D eigenvalue weighted by atomic mass is 79.9. The SMILES string of the molecule is CCOc1ccc(C(C)=O)cc1CSc1n[nH]c(-c2ccccc2Br)n1. The molecule has 1 N–H and O–H groups in total. The molecule has 0 aliphatic carbocycles. The molecule has 134 valence electrons. The molecule has 3 rings (SSSR count). The summed E-state index contributed by atoms with van der Waals surface area (Å²) in [4.78, 5) is 16.2. The fraction of sp³-hybridized carbons (Fsp3) is 0.211. The first-order valence-electron chi connectivity index (χ1n) is 8.15. The predicted octanol–water partition coefficient (Wildman–Crippen LogP) is 5.13. The number of aromatic amines is 1. The van der Waals surface area contributed by atoms with Gasteiger partial charge in [0.1, 0.15) is 5.75 Å². The quantitative estimate of drug-likeness (QED) is 0.414. The van der Waals surface area contributed by atoms with Crippen LogP contribution in [0.4, 0.5) is 0 Å². The molecule has 2 aromatic carbocycles. The Morgan fingerprint density at radius 1 is 1.27 bits per heavy atom. The first-order chi connectivity index (χ1) is 12.6. The Hall–Kier alpha value is -2.12. The Balaban J connectivity index is 1.78. The first kappa shape index (κ1) is 18.7. The number of thioether (sulfide) groups is 1. The number of Topliss-reactive ketones (excluding diaryl/α,β-unsaturated/α-hetero) is 1. The summed E-state index contributed by atoms with van der Waals surface area (Å²) in [6, 6.07) is 13.4. The van der Waals surface area contributed by atoms with Crippen LogP contribution < -0.4 is 4.74 Å². The zero-order valence-corrected chi connectivity index (χ0v) is 16.9. The van der Waals surface area contributed by atoms with E-state index in [1.54, 1.807) is 13.0 Å². The van der Waals surface area contributed by atoms with Crippen LogP contribution in [0.1, 0.15) is 29.8 Å². The third-order valence-electron chi connectivity index (χ3n) is 3.72. The molecule has 0 amide bonds. The second-order valence-corrected chi connectivity index (χ2v) is 7.34. The molecule has 0 saturated carbocycles. The molecule has 0 fully saturated rings. The number of ether oxygens (including phenoxy) is 1. The Kier molecular flexibility index (Phi) is 6.11. The van der Waals surface area contributed by atoms with E-state index in [0.29, 0.717) is 28.9 Å². The van der Waals surface area contributed by atoms with E-state index in [4.69, 9.17) is 4.74 Å². The van der Waals surface area contributed by atoms with E-state index in [0.717, 1.165) is 21.3 Å². The summed E-state index contributed by atoms with van der Waals surface area (Å²) in [5, 5.41) is 7.90. The molecular weight excluding hydrogens is 414 g/mol. The van der Waals surface area contributed by atoms with Crippen LogP contribution in [-0.2, 0) is 5.75 Å². The van der Waals surface area contributed by atoms with Gasteiger partial charge >= 0.3 is 0 Å². The van der Waals surface area contributed by atoms with E-state index < -0.39 is 0 Å². The normalized spacial score (nSPS) is 10.7. The van der Waals surface area contributed by atoms with Gasteiger partial charge in [0.2, 0.25) is 5.16 Å². The van der Waals surface area contributed by atoms with Gasteiger partial charge in [-0.05, 0) is 38.1 Å². The van der Waals surface area contributed by atoms with Crippen molar-refractivity contribution < 1.29 is 9.53 Å². The fourth-order valence-corrected chi connectivity index (χ4v) is 3.68. The maximum Gasteiger partial charge on any atom is 0.209 e. The van der Waals surface area contributed by atoms with E-state index >= 15 is 0 Å². The van der Waals surface area contributed by atoms with E-state index in [1.165, 1.54) is 11.8 Å². The minimum atomic E-state index is 0.0356. The van der Waals surface area contributed by atoms with Gasteiger partial charge in [0, 0.05) is 26.9 Å². The molecular formula is C19H18BrN3O2S. The molecule has 0 bridgehead atoms. The monoisotopic (exact) mass is 431 g/mol. The van der Waals surface area contributed by atoms with E-state index in [1.807, 2.05) is 43.3 Å². The van der Waals surface area contributed by atoms with Gasteiger partial charge < -0.3 is 4.74 Å². The lowest BCUT2D eigenvalue weighted by Gasteiger charge is -2.10. The topological polar surface area (TPSA) is 67.9 Å². The first-order valence-corrected chi connectivity index (χ1v) is 9.93. The van der Waals surface area contributed by atoms with E-state index in [9.17, 15) is 4.79 Å². The van der Waals surface area contributed by atoms with Gasteiger partial charge in [-0.25, -0.2) is 4.98 Å². The minimum Gasteiger partial charge on any atom is -0.494 e. The largest absolute Gasteiger partial charge is 0.494 e. The molecule has 0 atom stereocenters. The third-order valence-corrected chi connectivity index (χ3v) is 5.31. The minimum absolute atomic E-state index is 0.0356. The van der Waals surface area contributed by atoms with Gasteiger partial charge in [-0.15, -0.1) is 5.10 Å². The van der Waals surface area contributed by atoms with E-state index in [-0.39, 0.29) is 5.78 Å². The van der Waals surface area contributed by atoms with Crippen LogP contribution in [0.15, 0.2) is 52.1 Å². The number of halogens is 1. The molecule has 5 nitrogen and oxygen atoms in total. The molecule has 0 aliphatic rings. The molecule has 0 spiro atoms. The number of hydrogen-bond donors (Lipinski definition) is 1. The highest BCUT2D eigenvalue weighted by molar-refractivity contribution is 9.10. The smallest absolute Gasteiger partial charge is 0.209 e. The van der Waals surface area contributed by atoms with Crippen LogP contribution in [-0.4, -0.2) is 27.6 Å². The van der Waals surface area contributed by atoms with Crippen LogP contribution in [0.5, 0.6) is 5.75 Å². The maximum atomic E-state index is 11.7. The van der Waals surface area contributed by atoms with Gasteiger partial charge in [-0.1, -0.05) is 45.9 Å². The molecule has 7 heteroatoms. The summed E-state index contributed by atoms with van der Waals surface area (Å²) in [7, 11) is 0. The molecule has 0 aliphatic heterocycles. The number of nitrogens with zero attached hydrogens (tertiary/aromatic N) is 2. The molecule has 1 heterocycles. The molecule has 1 aromatic heterocycles. The number of hydrogen-bond acceptors (Lipinski definition) is 5. The van der Waals surface area contributed by atoms with Crippen LogP contribution in [0.3, 0.4) is 0 Å². The van der Waals surface area contributed by atoms with Crippen molar-refractivity contribution in [3.05, 3.63) is 58.1 Å². The number of H-pyrrole nitrogens is 1. The summed E-state index contributed by atoms with van der Waals surface area (Å²) >= 11 is 5.02. The Labute approximate surface area is 164 Å². The Bertz CT molecular complexity index is 927. The zero-order valence-electron chi connectivity index (χ0n) is 14.5. The van der Waals surface area contributed by atoms with Crippen molar-refractivity contribution in [2.75, 3.05) is 6.61 Å². The van der Waals surface area contributed by atoms with Gasteiger partial charge in [-0.2, -0.15) is 0 Å². The van der Waals surface area contributed by atoms with Crippen molar-refractivity contribution >= 4 is 33.5 Å².